The summed E-state index contributed by atoms with van der Waals surface area (Å²) in [6, 6.07) is 11.8. The molecule has 0 radical (unpaired) electrons. The quantitative estimate of drug-likeness (QED) is 0.442. The van der Waals surface area contributed by atoms with Gasteiger partial charge in [0.2, 0.25) is 15.0 Å². The van der Waals surface area contributed by atoms with Gasteiger partial charge in [-0.25, -0.2) is 22.0 Å². The van der Waals surface area contributed by atoms with Crippen molar-refractivity contribution >= 4 is 32.1 Å². The van der Waals surface area contributed by atoms with Crippen LogP contribution in [0.15, 0.2) is 58.8 Å². The lowest BCUT2D eigenvalue weighted by atomic mass is 10.2. The highest BCUT2D eigenvalue weighted by Gasteiger charge is 2.16. The number of nitrogens with zero attached hydrogens (tertiary/aromatic N) is 3. The van der Waals surface area contributed by atoms with E-state index in [2.05, 4.69) is 14.8 Å². The molecular formula is C20H17FN4O3S2. The highest BCUT2D eigenvalue weighted by Crippen LogP contribution is 2.21. The second-order valence-electron chi connectivity index (χ2n) is 6.60. The first-order chi connectivity index (χ1) is 14.3. The topological polar surface area (TPSA) is 93.4 Å². The maximum absolute atomic E-state index is 13.5. The van der Waals surface area contributed by atoms with Gasteiger partial charge in [0.05, 0.1) is 10.6 Å². The Morgan fingerprint density at radius 2 is 1.97 bits per heavy atom. The summed E-state index contributed by atoms with van der Waals surface area (Å²) in [6.07, 6.45) is 0.400. The molecule has 4 rings (SSSR count). The van der Waals surface area contributed by atoms with Crippen LogP contribution in [-0.2, 0) is 16.4 Å². The molecule has 0 unspecified atom stereocenters. The number of halogens is 1. The summed E-state index contributed by atoms with van der Waals surface area (Å²) in [7, 11) is -3.70. The third-order valence-corrected chi connectivity index (χ3v) is 6.82. The van der Waals surface area contributed by atoms with Crippen molar-refractivity contribution in [1.82, 2.24) is 19.3 Å². The first-order valence-electron chi connectivity index (χ1n) is 9.03. The number of hydrogen-bond donors (Lipinski definition) is 1. The molecule has 1 N–H and O–H groups in total. The van der Waals surface area contributed by atoms with Gasteiger partial charge in [0.1, 0.15) is 5.82 Å². The normalized spacial score (nSPS) is 11.8. The van der Waals surface area contributed by atoms with Gasteiger partial charge in [0, 0.05) is 29.5 Å². The lowest BCUT2D eigenvalue weighted by Gasteiger charge is -2.07. The van der Waals surface area contributed by atoms with Crippen LogP contribution < -0.4 is 4.72 Å². The number of ketones is 1. The van der Waals surface area contributed by atoms with Crippen molar-refractivity contribution in [2.75, 3.05) is 6.54 Å². The van der Waals surface area contributed by atoms with Crippen LogP contribution in [0.2, 0.25) is 0 Å². The van der Waals surface area contributed by atoms with E-state index in [1.165, 1.54) is 54.7 Å². The van der Waals surface area contributed by atoms with E-state index in [1.807, 2.05) is 5.38 Å². The van der Waals surface area contributed by atoms with Gasteiger partial charge >= 0.3 is 0 Å². The molecule has 4 aromatic rings. The summed E-state index contributed by atoms with van der Waals surface area (Å²) in [6.45, 7) is 1.59. The molecule has 0 saturated heterocycles. The zero-order valence-corrected chi connectivity index (χ0v) is 17.5. The van der Waals surface area contributed by atoms with Crippen molar-refractivity contribution in [1.29, 1.82) is 0 Å². The number of aromatic nitrogens is 3. The molecule has 2 aromatic heterocycles. The van der Waals surface area contributed by atoms with Crippen LogP contribution in [-0.4, -0.2) is 35.3 Å². The minimum Gasteiger partial charge on any atom is -0.295 e. The highest BCUT2D eigenvalue weighted by atomic mass is 32.2. The first kappa shape index (κ1) is 20.3. The van der Waals surface area contributed by atoms with E-state index in [1.54, 1.807) is 16.6 Å². The lowest BCUT2D eigenvalue weighted by Crippen LogP contribution is -2.26. The second kappa shape index (κ2) is 8.05. The molecule has 0 spiro atoms. The number of thiazole rings is 1. The molecule has 2 aromatic carbocycles. The minimum absolute atomic E-state index is 0.0945. The molecule has 0 aliphatic heterocycles. The second-order valence-corrected chi connectivity index (χ2v) is 9.20. The van der Waals surface area contributed by atoms with Gasteiger partial charge in [0.15, 0.2) is 11.6 Å². The van der Waals surface area contributed by atoms with Crippen LogP contribution in [0.25, 0.3) is 16.3 Å². The Bertz CT molecular complexity index is 1330. The van der Waals surface area contributed by atoms with E-state index in [0.29, 0.717) is 28.3 Å². The fourth-order valence-corrected chi connectivity index (χ4v) is 4.80. The molecule has 0 amide bonds. The summed E-state index contributed by atoms with van der Waals surface area (Å²) < 4.78 is 42.6. The fraction of sp³-hybridized carbons (Fsp3) is 0.150. The molecular weight excluding hydrogens is 427 g/mol. The number of carbonyl (C=O) groups is 1. The van der Waals surface area contributed by atoms with E-state index in [4.69, 9.17) is 0 Å². The van der Waals surface area contributed by atoms with Crippen molar-refractivity contribution in [3.8, 4) is 11.4 Å². The zero-order valence-electron chi connectivity index (χ0n) is 15.9. The fourth-order valence-electron chi connectivity index (χ4n) is 2.91. The third-order valence-electron chi connectivity index (χ3n) is 4.48. The average Bonchev–Trinajstić information content (AvgIpc) is 3.30. The Morgan fingerprint density at radius 1 is 1.20 bits per heavy atom. The SMILES string of the molecule is CC(=O)c1ccc(S(=O)(=O)NCCc2csc3nc(-c4cccc(F)c4)nn23)cc1. The van der Waals surface area contributed by atoms with E-state index in [-0.39, 0.29) is 23.0 Å². The smallest absolute Gasteiger partial charge is 0.240 e. The lowest BCUT2D eigenvalue weighted by molar-refractivity contribution is 0.101. The summed E-state index contributed by atoms with van der Waals surface area (Å²) in [4.78, 5) is 16.5. The zero-order chi connectivity index (χ0) is 21.3. The molecule has 0 fully saturated rings. The van der Waals surface area contributed by atoms with Gasteiger partial charge in [-0.05, 0) is 31.2 Å². The molecule has 0 bridgehead atoms. The largest absolute Gasteiger partial charge is 0.295 e. The Hall–Kier alpha value is -2.95. The molecule has 30 heavy (non-hydrogen) atoms. The number of rotatable bonds is 7. The van der Waals surface area contributed by atoms with Crippen LogP contribution in [0.3, 0.4) is 0 Å². The van der Waals surface area contributed by atoms with Crippen molar-refractivity contribution in [2.24, 2.45) is 0 Å². The molecule has 0 atom stereocenters. The van der Waals surface area contributed by atoms with Gasteiger partial charge in [-0.15, -0.1) is 16.4 Å². The summed E-state index contributed by atoms with van der Waals surface area (Å²) in [5.74, 6) is -0.0795. The summed E-state index contributed by atoms with van der Waals surface area (Å²) in [5, 5.41) is 6.29. The molecule has 7 nitrogen and oxygen atoms in total. The van der Waals surface area contributed by atoms with Crippen molar-refractivity contribution < 1.29 is 17.6 Å². The van der Waals surface area contributed by atoms with Crippen LogP contribution in [0.5, 0.6) is 0 Å². The van der Waals surface area contributed by atoms with E-state index in [0.717, 1.165) is 5.69 Å². The van der Waals surface area contributed by atoms with Crippen molar-refractivity contribution in [3.63, 3.8) is 0 Å². The highest BCUT2D eigenvalue weighted by molar-refractivity contribution is 7.89. The monoisotopic (exact) mass is 444 g/mol. The van der Waals surface area contributed by atoms with Gasteiger partial charge in [-0.3, -0.25) is 4.79 Å². The standard InChI is InChI=1S/C20H17FN4O3S2/c1-13(26)14-5-7-18(8-6-14)30(27,28)22-10-9-17-12-29-20-23-19(24-25(17)20)15-3-2-4-16(21)11-15/h2-8,11-12,22H,9-10H2,1H3. The van der Waals surface area contributed by atoms with Gasteiger partial charge in [-0.1, -0.05) is 24.3 Å². The molecule has 10 heteroatoms. The number of sulfonamides is 1. The molecule has 2 heterocycles. The predicted octanol–water partition coefficient (Wildman–Crippen LogP) is 3.32. The van der Waals surface area contributed by atoms with E-state index in [9.17, 15) is 17.6 Å². The van der Waals surface area contributed by atoms with E-state index < -0.39 is 10.0 Å². The number of benzene rings is 2. The Balaban J connectivity index is 1.46. The molecule has 0 aliphatic carbocycles. The number of carbonyl (C=O) groups excluding carboxylic acids is 1. The third kappa shape index (κ3) is 4.16. The van der Waals surface area contributed by atoms with Crippen molar-refractivity contribution in [2.45, 2.75) is 18.2 Å². The molecule has 154 valence electrons. The number of Topliss-reactive ketones (excluding diaryl/α,β-unsaturated/α-hetero) is 1. The summed E-state index contributed by atoms with van der Waals surface area (Å²) >= 11 is 1.38. The Kier molecular flexibility index (Phi) is 5.46. The van der Waals surface area contributed by atoms with Gasteiger partial charge in [-0.2, -0.15) is 4.98 Å². The van der Waals surface area contributed by atoms with Crippen LogP contribution >= 0.6 is 11.3 Å². The van der Waals surface area contributed by atoms with E-state index >= 15 is 0 Å². The van der Waals surface area contributed by atoms with Gasteiger partial charge in [0.25, 0.3) is 0 Å². The van der Waals surface area contributed by atoms with Gasteiger partial charge < -0.3 is 0 Å². The maximum atomic E-state index is 13.5. The number of hydrogen-bond acceptors (Lipinski definition) is 6. The molecule has 0 aliphatic rings. The summed E-state index contributed by atoms with van der Waals surface area (Å²) in [5.41, 5.74) is 1.82. The van der Waals surface area contributed by atoms with Crippen LogP contribution in [0.4, 0.5) is 4.39 Å². The first-order valence-corrected chi connectivity index (χ1v) is 11.4. The predicted molar refractivity (Wildman–Crippen MR) is 112 cm³/mol. The number of fused-ring (bicyclic) bond motifs is 1. The molecule has 0 saturated carbocycles. The Morgan fingerprint density at radius 3 is 2.67 bits per heavy atom. The Labute approximate surface area is 176 Å². The van der Waals surface area contributed by atoms with Crippen molar-refractivity contribution in [3.05, 3.63) is 71.0 Å². The number of nitrogens with one attached hydrogen (secondary N) is 1. The minimum atomic E-state index is -3.70. The van der Waals surface area contributed by atoms with Crippen LogP contribution in [0.1, 0.15) is 23.0 Å². The maximum Gasteiger partial charge on any atom is 0.240 e. The average molecular weight is 445 g/mol. The van der Waals surface area contributed by atoms with Crippen LogP contribution in [0, 0.1) is 5.82 Å².